The molecule has 2 aromatic rings. The summed E-state index contributed by atoms with van der Waals surface area (Å²) < 4.78 is 11.1. The molecule has 1 atom stereocenters. The number of piperidine rings is 1. The second-order valence-corrected chi connectivity index (χ2v) is 7.68. The number of carbonyl (C=O) groups excluding carboxylic acids is 2. The van der Waals surface area contributed by atoms with E-state index >= 15 is 0 Å². The molecule has 3 heterocycles. The number of ether oxygens (including phenoxy) is 1. The van der Waals surface area contributed by atoms with Gasteiger partial charge in [0, 0.05) is 31.7 Å². The van der Waals surface area contributed by atoms with E-state index in [0.29, 0.717) is 56.7 Å². The highest BCUT2D eigenvalue weighted by Crippen LogP contribution is 2.24. The van der Waals surface area contributed by atoms with Crippen LogP contribution >= 0.6 is 0 Å². The van der Waals surface area contributed by atoms with E-state index in [-0.39, 0.29) is 24.2 Å². The molecule has 0 radical (unpaired) electrons. The van der Waals surface area contributed by atoms with E-state index < -0.39 is 0 Å². The Morgan fingerprint density at radius 2 is 1.86 bits per heavy atom. The Morgan fingerprint density at radius 1 is 1.10 bits per heavy atom. The molecule has 0 bridgehead atoms. The lowest BCUT2D eigenvalue weighted by atomic mass is 9.96. The van der Waals surface area contributed by atoms with Gasteiger partial charge in [-0.25, -0.2) is 4.98 Å². The summed E-state index contributed by atoms with van der Waals surface area (Å²) in [6.45, 7) is 5.48. The number of benzene rings is 1. The Labute approximate surface area is 170 Å². The van der Waals surface area contributed by atoms with Crippen molar-refractivity contribution in [1.29, 1.82) is 0 Å². The van der Waals surface area contributed by atoms with Crippen molar-refractivity contribution in [3.63, 3.8) is 0 Å². The molecule has 0 spiro atoms. The van der Waals surface area contributed by atoms with Crippen LogP contribution in [0.4, 0.5) is 0 Å². The van der Waals surface area contributed by atoms with E-state index in [0.717, 1.165) is 18.4 Å². The Balaban J connectivity index is 1.39. The molecule has 2 aliphatic rings. The predicted molar refractivity (Wildman–Crippen MR) is 107 cm³/mol. The van der Waals surface area contributed by atoms with Gasteiger partial charge in [-0.1, -0.05) is 18.2 Å². The summed E-state index contributed by atoms with van der Waals surface area (Å²) >= 11 is 0. The van der Waals surface area contributed by atoms with Crippen molar-refractivity contribution in [2.45, 2.75) is 26.2 Å². The third-order valence-corrected chi connectivity index (χ3v) is 5.68. The van der Waals surface area contributed by atoms with Gasteiger partial charge in [-0.2, -0.15) is 0 Å². The minimum absolute atomic E-state index is 0.000453. The summed E-state index contributed by atoms with van der Waals surface area (Å²) in [5, 5.41) is 0. The number of rotatable bonds is 4. The van der Waals surface area contributed by atoms with Gasteiger partial charge >= 0.3 is 0 Å². The van der Waals surface area contributed by atoms with Crippen LogP contribution in [0.2, 0.25) is 0 Å². The van der Waals surface area contributed by atoms with Crippen LogP contribution < -0.4 is 0 Å². The molecule has 1 unspecified atom stereocenters. The molecule has 7 heteroatoms. The number of nitrogens with zero attached hydrogens (tertiary/aromatic N) is 3. The molecule has 4 rings (SSSR count). The Hall–Kier alpha value is -2.67. The van der Waals surface area contributed by atoms with Crippen molar-refractivity contribution in [3.8, 4) is 11.5 Å². The Kier molecular flexibility index (Phi) is 5.94. The van der Waals surface area contributed by atoms with Crippen LogP contribution in [0.1, 0.15) is 24.3 Å². The normalized spacial score (nSPS) is 20.0. The van der Waals surface area contributed by atoms with Crippen LogP contribution in [-0.2, 0) is 20.7 Å². The van der Waals surface area contributed by atoms with Crippen LogP contribution in [0.3, 0.4) is 0 Å². The van der Waals surface area contributed by atoms with E-state index in [1.807, 2.05) is 47.1 Å². The molecule has 154 valence electrons. The van der Waals surface area contributed by atoms with E-state index in [1.165, 1.54) is 0 Å². The molecule has 0 N–H and O–H groups in total. The Morgan fingerprint density at radius 3 is 2.62 bits per heavy atom. The van der Waals surface area contributed by atoms with Gasteiger partial charge in [-0.15, -0.1) is 0 Å². The molecule has 2 aliphatic heterocycles. The highest BCUT2D eigenvalue weighted by molar-refractivity contribution is 5.82. The average molecular weight is 397 g/mol. The standard InChI is InChI=1S/C22H27N3O4/c1-16-19(23-21(29-16)17-6-3-2-4-7-17)14-20(26)25-9-5-8-18(15-25)22(27)24-10-12-28-13-11-24/h2-4,6-7,18H,5,8-15H2,1H3. The molecule has 2 saturated heterocycles. The Bertz CT molecular complexity index is 858. The highest BCUT2D eigenvalue weighted by atomic mass is 16.5. The first-order valence-electron chi connectivity index (χ1n) is 10.3. The summed E-state index contributed by atoms with van der Waals surface area (Å²) in [5.74, 6) is 1.22. The number of hydrogen-bond acceptors (Lipinski definition) is 5. The molecule has 0 aliphatic carbocycles. The highest BCUT2D eigenvalue weighted by Gasteiger charge is 2.32. The second kappa shape index (κ2) is 8.78. The van der Waals surface area contributed by atoms with Crippen LogP contribution in [0.25, 0.3) is 11.5 Å². The van der Waals surface area contributed by atoms with Gasteiger partial charge in [0.25, 0.3) is 0 Å². The molecule has 1 aromatic heterocycles. The first-order valence-corrected chi connectivity index (χ1v) is 10.3. The third kappa shape index (κ3) is 4.50. The summed E-state index contributed by atoms with van der Waals surface area (Å²) in [7, 11) is 0. The van der Waals surface area contributed by atoms with E-state index in [2.05, 4.69) is 4.98 Å². The maximum absolute atomic E-state index is 12.9. The van der Waals surface area contributed by atoms with Gasteiger partial charge < -0.3 is 19.0 Å². The van der Waals surface area contributed by atoms with Crippen LogP contribution in [-0.4, -0.2) is 66.0 Å². The van der Waals surface area contributed by atoms with E-state index in [9.17, 15) is 9.59 Å². The third-order valence-electron chi connectivity index (χ3n) is 5.68. The van der Waals surface area contributed by atoms with E-state index in [4.69, 9.17) is 9.15 Å². The number of amides is 2. The zero-order valence-corrected chi connectivity index (χ0v) is 16.8. The summed E-state index contributed by atoms with van der Waals surface area (Å²) in [6.07, 6.45) is 1.88. The molecular formula is C22H27N3O4. The second-order valence-electron chi connectivity index (χ2n) is 7.68. The monoisotopic (exact) mass is 397 g/mol. The van der Waals surface area contributed by atoms with Crippen molar-refractivity contribution >= 4 is 11.8 Å². The van der Waals surface area contributed by atoms with Crippen LogP contribution in [0, 0.1) is 12.8 Å². The maximum Gasteiger partial charge on any atom is 0.228 e. The van der Waals surface area contributed by atoms with Crippen molar-refractivity contribution < 1.29 is 18.7 Å². The maximum atomic E-state index is 12.9. The number of carbonyl (C=O) groups is 2. The molecule has 2 amide bonds. The van der Waals surface area contributed by atoms with Crippen molar-refractivity contribution in [2.24, 2.45) is 5.92 Å². The van der Waals surface area contributed by atoms with Crippen LogP contribution in [0.5, 0.6) is 0 Å². The van der Waals surface area contributed by atoms with Crippen molar-refractivity contribution in [2.75, 3.05) is 39.4 Å². The number of aromatic nitrogens is 1. The lowest BCUT2D eigenvalue weighted by Gasteiger charge is -2.36. The summed E-state index contributed by atoms with van der Waals surface area (Å²) in [4.78, 5) is 33.9. The van der Waals surface area contributed by atoms with Gasteiger partial charge in [0.05, 0.1) is 31.2 Å². The zero-order valence-electron chi connectivity index (χ0n) is 16.8. The predicted octanol–water partition coefficient (Wildman–Crippen LogP) is 2.29. The number of morpholine rings is 1. The number of likely N-dealkylation sites (tertiary alicyclic amines) is 1. The molecule has 0 saturated carbocycles. The molecule has 1 aromatic carbocycles. The van der Waals surface area contributed by atoms with Crippen molar-refractivity contribution in [3.05, 3.63) is 41.8 Å². The van der Waals surface area contributed by atoms with Gasteiger partial charge in [0.2, 0.25) is 17.7 Å². The smallest absolute Gasteiger partial charge is 0.228 e. The minimum Gasteiger partial charge on any atom is -0.441 e. The summed E-state index contributed by atoms with van der Waals surface area (Å²) in [6, 6.07) is 9.67. The van der Waals surface area contributed by atoms with Crippen molar-refractivity contribution in [1.82, 2.24) is 14.8 Å². The fourth-order valence-corrected chi connectivity index (χ4v) is 4.00. The molecule has 29 heavy (non-hydrogen) atoms. The number of oxazole rings is 1. The zero-order chi connectivity index (χ0) is 20.2. The van der Waals surface area contributed by atoms with Crippen LogP contribution in [0.15, 0.2) is 34.7 Å². The summed E-state index contributed by atoms with van der Waals surface area (Å²) in [5.41, 5.74) is 1.55. The SMILES string of the molecule is Cc1oc(-c2ccccc2)nc1CC(=O)N1CCCC(C(=O)N2CCOCC2)C1. The molecule has 7 nitrogen and oxygen atoms in total. The molecular weight excluding hydrogens is 370 g/mol. The first-order chi connectivity index (χ1) is 14.1. The van der Waals surface area contributed by atoms with Gasteiger partial charge in [-0.05, 0) is 31.9 Å². The fourth-order valence-electron chi connectivity index (χ4n) is 4.00. The molecule has 2 fully saturated rings. The topological polar surface area (TPSA) is 75.9 Å². The number of hydrogen-bond donors (Lipinski definition) is 0. The first kappa shape index (κ1) is 19.6. The fraction of sp³-hybridized carbons (Fsp3) is 0.500. The lowest BCUT2D eigenvalue weighted by molar-refractivity contribution is -0.143. The van der Waals surface area contributed by atoms with Gasteiger partial charge in [0.15, 0.2) is 0 Å². The number of aryl methyl sites for hydroxylation is 1. The quantitative estimate of drug-likeness (QED) is 0.791. The van der Waals surface area contributed by atoms with Gasteiger partial charge in [-0.3, -0.25) is 9.59 Å². The van der Waals surface area contributed by atoms with Gasteiger partial charge in [0.1, 0.15) is 5.76 Å². The average Bonchev–Trinajstić information content (AvgIpc) is 3.14. The largest absolute Gasteiger partial charge is 0.441 e. The lowest BCUT2D eigenvalue weighted by Crippen LogP contribution is -2.49. The van der Waals surface area contributed by atoms with E-state index in [1.54, 1.807) is 0 Å². The minimum atomic E-state index is -0.121.